The highest BCUT2D eigenvalue weighted by Crippen LogP contribution is 2.10. The van der Waals surface area contributed by atoms with Gasteiger partial charge in [0, 0.05) is 0 Å². The average Bonchev–Trinajstić information content (AvgIpc) is 1.60. The Morgan fingerprint density at radius 1 is 1.50 bits per heavy atom. The van der Waals surface area contributed by atoms with E-state index >= 15 is 0 Å². The third-order valence-corrected chi connectivity index (χ3v) is 4.63. The second kappa shape index (κ2) is 3.61. The third kappa shape index (κ3) is 4.16. The van der Waals surface area contributed by atoms with Gasteiger partial charge in [-0.05, 0) is 6.92 Å². The summed E-state index contributed by atoms with van der Waals surface area (Å²) in [5.74, 6) is 0. The topological polar surface area (TPSA) is 46.5 Å². The zero-order chi connectivity index (χ0) is 8.36. The molecular formula is C5H14O3SSi. The molecule has 0 rings (SSSR count). The molecule has 0 saturated heterocycles. The van der Waals surface area contributed by atoms with Crippen LogP contribution in [0, 0.1) is 0 Å². The molecule has 0 aliphatic carbocycles. The van der Waals surface area contributed by atoms with Crippen LogP contribution in [0.5, 0.6) is 0 Å². The lowest BCUT2D eigenvalue weighted by Gasteiger charge is -2.22. The average molecular weight is 182 g/mol. The molecule has 0 amide bonds. The molecule has 5 heteroatoms. The van der Waals surface area contributed by atoms with E-state index in [0.717, 1.165) is 0 Å². The summed E-state index contributed by atoms with van der Waals surface area (Å²) in [6.07, 6.45) is 0. The molecule has 10 heavy (non-hydrogen) atoms. The van der Waals surface area contributed by atoms with E-state index in [2.05, 4.69) is 19.6 Å². The van der Waals surface area contributed by atoms with Gasteiger partial charge in [0.15, 0.2) is 0 Å². The van der Waals surface area contributed by atoms with E-state index in [1.807, 2.05) is 6.92 Å². The second-order valence-corrected chi connectivity index (χ2v) is 9.49. The fourth-order valence-corrected chi connectivity index (χ4v) is 1.92. The van der Waals surface area contributed by atoms with Crippen LogP contribution in [-0.2, 0) is 15.5 Å². The van der Waals surface area contributed by atoms with Crippen LogP contribution >= 0.6 is 0 Å². The fraction of sp³-hybridized carbons (Fsp3) is 1.00. The highest BCUT2D eigenvalue weighted by molar-refractivity contribution is 7.74. The number of hydrogen-bond acceptors (Lipinski definition) is 2. The van der Waals surface area contributed by atoms with E-state index in [0.29, 0.717) is 0 Å². The lowest BCUT2D eigenvalue weighted by atomic mass is 10.9. The van der Waals surface area contributed by atoms with E-state index in [9.17, 15) is 4.21 Å². The normalized spacial score (nSPS) is 18.5. The van der Waals surface area contributed by atoms with Gasteiger partial charge in [-0.25, -0.2) is 0 Å². The summed E-state index contributed by atoms with van der Waals surface area (Å²) in [6, 6.07) is 0. The van der Waals surface area contributed by atoms with Crippen LogP contribution in [0.15, 0.2) is 0 Å². The van der Waals surface area contributed by atoms with Crippen LogP contribution in [0.1, 0.15) is 6.92 Å². The highest BCUT2D eigenvalue weighted by Gasteiger charge is 2.24. The largest absolute Gasteiger partial charge is 0.301 e. The Kier molecular flexibility index (Phi) is 3.72. The predicted octanol–water partition coefficient (Wildman–Crippen LogP) is 1.41. The first-order valence-electron chi connectivity index (χ1n) is 3.12. The van der Waals surface area contributed by atoms with E-state index in [4.69, 9.17) is 8.74 Å². The summed E-state index contributed by atoms with van der Waals surface area (Å²) < 4.78 is 23.2. The minimum Gasteiger partial charge on any atom is -0.284 e. The monoisotopic (exact) mass is 182 g/mol. The van der Waals surface area contributed by atoms with Crippen LogP contribution in [-0.4, -0.2) is 22.6 Å². The molecule has 1 N–H and O–H groups in total. The van der Waals surface area contributed by atoms with Gasteiger partial charge in [-0.15, -0.1) is 0 Å². The Hall–Kier alpha value is 0.287. The Balaban J connectivity index is 3.85. The van der Waals surface area contributed by atoms with Gasteiger partial charge in [-0.3, -0.25) is 8.74 Å². The van der Waals surface area contributed by atoms with Crippen molar-refractivity contribution in [1.82, 2.24) is 0 Å². The summed E-state index contributed by atoms with van der Waals surface area (Å²) in [4.78, 5) is 0. The standard InChI is InChI=1S/C5H14O3SSi/c1-5(8-9(6)7)10(2,3)4/h5H,1-4H3,(H,6,7). The SMILES string of the molecule is CC(OS(=O)O)[Si](C)(C)C. The molecule has 2 unspecified atom stereocenters. The van der Waals surface area contributed by atoms with Gasteiger partial charge in [0.05, 0.1) is 13.8 Å². The quantitative estimate of drug-likeness (QED) is 0.530. The lowest BCUT2D eigenvalue weighted by molar-refractivity contribution is 0.283. The minimum absolute atomic E-state index is 0.0710. The van der Waals surface area contributed by atoms with Crippen LogP contribution in [0.2, 0.25) is 19.6 Å². The highest BCUT2D eigenvalue weighted by atomic mass is 32.2. The molecule has 0 radical (unpaired) electrons. The van der Waals surface area contributed by atoms with Gasteiger partial charge in [0.2, 0.25) is 0 Å². The van der Waals surface area contributed by atoms with Crippen LogP contribution in [0.25, 0.3) is 0 Å². The van der Waals surface area contributed by atoms with Crippen molar-refractivity contribution in [2.24, 2.45) is 0 Å². The van der Waals surface area contributed by atoms with Crippen molar-refractivity contribution in [3.05, 3.63) is 0 Å². The summed E-state index contributed by atoms with van der Waals surface area (Å²) in [5.41, 5.74) is -0.0710. The molecule has 0 aliphatic heterocycles. The van der Waals surface area contributed by atoms with Crippen molar-refractivity contribution in [3.63, 3.8) is 0 Å². The van der Waals surface area contributed by atoms with Crippen LogP contribution in [0.3, 0.4) is 0 Å². The first kappa shape index (κ1) is 10.3. The first-order valence-corrected chi connectivity index (χ1v) is 7.73. The van der Waals surface area contributed by atoms with Gasteiger partial charge in [0.25, 0.3) is 0 Å². The molecular weight excluding hydrogens is 168 g/mol. The summed E-state index contributed by atoms with van der Waals surface area (Å²) in [6.45, 7) is 8.10. The van der Waals surface area contributed by atoms with Crippen molar-refractivity contribution in [2.45, 2.75) is 32.3 Å². The molecule has 0 spiro atoms. The number of hydrogen-bond donors (Lipinski definition) is 1. The van der Waals surface area contributed by atoms with Crippen LogP contribution in [0.4, 0.5) is 0 Å². The molecule has 0 saturated carbocycles. The summed E-state index contributed by atoms with van der Waals surface area (Å²) >= 11 is -2.11. The maximum atomic E-state index is 10.2. The van der Waals surface area contributed by atoms with E-state index in [1.54, 1.807) is 0 Å². The maximum Gasteiger partial charge on any atom is 0.301 e. The Labute approximate surface area is 65.3 Å². The van der Waals surface area contributed by atoms with Crippen molar-refractivity contribution >= 4 is 19.4 Å². The summed E-state index contributed by atoms with van der Waals surface area (Å²) in [7, 11) is -1.40. The molecule has 0 fully saturated rings. The molecule has 0 aromatic rings. The molecule has 0 aliphatic rings. The smallest absolute Gasteiger partial charge is 0.284 e. The third-order valence-electron chi connectivity index (χ3n) is 1.45. The molecule has 0 aromatic heterocycles. The van der Waals surface area contributed by atoms with Gasteiger partial charge < -0.3 is 0 Å². The molecule has 2 atom stereocenters. The zero-order valence-electron chi connectivity index (χ0n) is 6.75. The van der Waals surface area contributed by atoms with E-state index in [-0.39, 0.29) is 5.73 Å². The summed E-state index contributed by atoms with van der Waals surface area (Å²) in [5, 5.41) is 0. The maximum absolute atomic E-state index is 10.2. The lowest BCUT2D eigenvalue weighted by Crippen LogP contribution is -2.38. The van der Waals surface area contributed by atoms with Crippen molar-refractivity contribution < 1.29 is 12.9 Å². The van der Waals surface area contributed by atoms with Crippen molar-refractivity contribution in [3.8, 4) is 0 Å². The Morgan fingerprint density at radius 3 is 2.00 bits per heavy atom. The second-order valence-electron chi connectivity index (χ2n) is 3.32. The van der Waals surface area contributed by atoms with Gasteiger partial charge in [0.1, 0.15) is 0 Å². The van der Waals surface area contributed by atoms with Crippen molar-refractivity contribution in [2.75, 3.05) is 0 Å². The van der Waals surface area contributed by atoms with Crippen molar-refractivity contribution in [1.29, 1.82) is 0 Å². The predicted molar refractivity (Wildman–Crippen MR) is 44.7 cm³/mol. The van der Waals surface area contributed by atoms with Crippen LogP contribution < -0.4 is 0 Å². The Morgan fingerprint density at radius 2 is 1.90 bits per heavy atom. The van der Waals surface area contributed by atoms with Gasteiger partial charge in [-0.2, -0.15) is 4.21 Å². The van der Waals surface area contributed by atoms with Gasteiger partial charge in [-0.1, -0.05) is 19.6 Å². The molecule has 0 bridgehead atoms. The molecule has 0 heterocycles. The molecule has 0 aromatic carbocycles. The van der Waals surface area contributed by atoms with E-state index < -0.39 is 19.4 Å². The Bertz CT molecular complexity index is 131. The van der Waals surface area contributed by atoms with Gasteiger partial charge >= 0.3 is 11.4 Å². The van der Waals surface area contributed by atoms with E-state index in [1.165, 1.54) is 0 Å². The fourth-order valence-electron chi connectivity index (χ4n) is 0.268. The molecule has 3 nitrogen and oxygen atoms in total. The molecule has 62 valence electrons. The number of rotatable bonds is 3. The minimum atomic E-state index is -2.11. The zero-order valence-corrected chi connectivity index (χ0v) is 8.57. The first-order chi connectivity index (χ1) is 4.34.